The van der Waals surface area contributed by atoms with Crippen LogP contribution in [-0.2, 0) is 16.1 Å². The molecule has 0 spiro atoms. The van der Waals surface area contributed by atoms with Crippen LogP contribution in [0.1, 0.15) is 25.7 Å². The molecule has 20 heavy (non-hydrogen) atoms. The van der Waals surface area contributed by atoms with Crippen molar-refractivity contribution in [3.63, 3.8) is 0 Å². The summed E-state index contributed by atoms with van der Waals surface area (Å²) in [6.45, 7) is 0.629. The number of benzene rings is 1. The molecule has 0 fully saturated rings. The highest BCUT2D eigenvalue weighted by Gasteiger charge is 2.06. The van der Waals surface area contributed by atoms with Crippen LogP contribution in [0.4, 0.5) is 5.69 Å². The Balaban J connectivity index is 1.95. The number of carbonyl (C=O) groups excluding carboxylic acids is 1. The molecular formula is C14H19N3O3. The molecule has 0 aliphatic heterocycles. The van der Waals surface area contributed by atoms with Gasteiger partial charge in [-0.15, -0.1) is 0 Å². The number of imidazole rings is 1. The Labute approximate surface area is 116 Å². The molecule has 6 heteroatoms. The number of rotatable bonds is 6. The number of H-pyrrole nitrogens is 1. The molecule has 0 atom stereocenters. The normalized spacial score (nSPS) is 10.8. The molecule has 1 aromatic heterocycles. The van der Waals surface area contributed by atoms with E-state index in [-0.39, 0.29) is 11.7 Å². The van der Waals surface area contributed by atoms with Crippen molar-refractivity contribution < 1.29 is 9.53 Å². The van der Waals surface area contributed by atoms with Gasteiger partial charge in [0.15, 0.2) is 0 Å². The van der Waals surface area contributed by atoms with Gasteiger partial charge in [-0.05, 0) is 31.0 Å². The third-order valence-corrected chi connectivity index (χ3v) is 3.29. The van der Waals surface area contributed by atoms with Gasteiger partial charge < -0.3 is 15.5 Å². The summed E-state index contributed by atoms with van der Waals surface area (Å²) in [6.07, 6.45) is 2.92. The summed E-state index contributed by atoms with van der Waals surface area (Å²) < 4.78 is 6.28. The van der Waals surface area contributed by atoms with Crippen molar-refractivity contribution in [1.82, 2.24) is 9.55 Å². The number of unbranched alkanes of at least 4 members (excludes halogenated alkanes) is 2. The standard InChI is InChI=1S/C14H19N3O3/c1-20-13(18)5-3-2-4-8-17-12-7-6-10(15)9-11(12)16-14(17)19/h6-7,9H,2-5,8,15H2,1H3,(H,16,19). The first kappa shape index (κ1) is 14.2. The summed E-state index contributed by atoms with van der Waals surface area (Å²) >= 11 is 0. The molecule has 3 N–H and O–H groups in total. The molecule has 1 aromatic carbocycles. The van der Waals surface area contributed by atoms with Crippen molar-refractivity contribution in [2.75, 3.05) is 12.8 Å². The smallest absolute Gasteiger partial charge is 0.326 e. The van der Waals surface area contributed by atoms with E-state index in [0.29, 0.717) is 18.7 Å². The molecule has 108 valence electrons. The van der Waals surface area contributed by atoms with Crippen molar-refractivity contribution in [3.8, 4) is 0 Å². The van der Waals surface area contributed by atoms with Gasteiger partial charge in [-0.1, -0.05) is 6.42 Å². The number of ether oxygens (including phenoxy) is 1. The Kier molecular flexibility index (Phi) is 4.45. The average Bonchev–Trinajstić information content (AvgIpc) is 2.73. The van der Waals surface area contributed by atoms with E-state index in [1.54, 1.807) is 16.7 Å². The van der Waals surface area contributed by atoms with E-state index in [0.717, 1.165) is 30.3 Å². The summed E-state index contributed by atoms with van der Waals surface area (Å²) in [7, 11) is 1.39. The van der Waals surface area contributed by atoms with Crippen LogP contribution >= 0.6 is 0 Å². The first-order chi connectivity index (χ1) is 9.61. The third-order valence-electron chi connectivity index (χ3n) is 3.29. The van der Waals surface area contributed by atoms with Crippen LogP contribution in [0, 0.1) is 0 Å². The summed E-state index contributed by atoms with van der Waals surface area (Å²) in [5, 5.41) is 0. The van der Waals surface area contributed by atoms with E-state index in [1.807, 2.05) is 6.07 Å². The molecule has 0 bridgehead atoms. The Hall–Kier alpha value is -2.24. The van der Waals surface area contributed by atoms with Crippen LogP contribution in [0.3, 0.4) is 0 Å². The number of anilines is 1. The zero-order valence-electron chi connectivity index (χ0n) is 11.5. The quantitative estimate of drug-likeness (QED) is 0.477. The maximum absolute atomic E-state index is 11.9. The lowest BCUT2D eigenvalue weighted by Gasteiger charge is -2.03. The van der Waals surface area contributed by atoms with Crippen LogP contribution in [-0.4, -0.2) is 22.6 Å². The number of fused-ring (bicyclic) bond motifs is 1. The topological polar surface area (TPSA) is 90.1 Å². The Morgan fingerprint density at radius 3 is 2.90 bits per heavy atom. The van der Waals surface area contributed by atoms with E-state index in [1.165, 1.54) is 7.11 Å². The highest BCUT2D eigenvalue weighted by molar-refractivity contribution is 5.78. The number of hydrogen-bond donors (Lipinski definition) is 2. The van der Waals surface area contributed by atoms with Gasteiger partial charge in [-0.25, -0.2) is 4.79 Å². The maximum Gasteiger partial charge on any atom is 0.326 e. The van der Waals surface area contributed by atoms with Crippen LogP contribution in [0.2, 0.25) is 0 Å². The van der Waals surface area contributed by atoms with Gasteiger partial charge in [0.1, 0.15) is 0 Å². The van der Waals surface area contributed by atoms with Crippen LogP contribution < -0.4 is 11.4 Å². The number of carbonyl (C=O) groups is 1. The lowest BCUT2D eigenvalue weighted by Crippen LogP contribution is -2.16. The van der Waals surface area contributed by atoms with Gasteiger partial charge in [-0.3, -0.25) is 9.36 Å². The number of aromatic nitrogens is 2. The third kappa shape index (κ3) is 3.20. The Morgan fingerprint density at radius 1 is 1.35 bits per heavy atom. The number of esters is 1. The number of aryl methyl sites for hydroxylation is 1. The fourth-order valence-electron chi connectivity index (χ4n) is 2.22. The van der Waals surface area contributed by atoms with Crippen LogP contribution in [0.5, 0.6) is 0 Å². The number of methoxy groups -OCH3 is 1. The molecule has 0 saturated heterocycles. The average molecular weight is 277 g/mol. The maximum atomic E-state index is 11.9. The van der Waals surface area contributed by atoms with Crippen LogP contribution in [0.15, 0.2) is 23.0 Å². The molecule has 0 saturated carbocycles. The minimum absolute atomic E-state index is 0.126. The number of nitrogens with two attached hydrogens (primary N) is 1. The number of nitrogens with one attached hydrogen (secondary N) is 1. The van der Waals surface area contributed by atoms with Gasteiger partial charge in [0.2, 0.25) is 0 Å². The molecule has 2 rings (SSSR count). The van der Waals surface area contributed by atoms with Gasteiger partial charge >= 0.3 is 11.7 Å². The van der Waals surface area contributed by atoms with Crippen molar-refractivity contribution in [2.24, 2.45) is 0 Å². The largest absolute Gasteiger partial charge is 0.469 e. The second kappa shape index (κ2) is 6.27. The van der Waals surface area contributed by atoms with E-state index in [9.17, 15) is 9.59 Å². The van der Waals surface area contributed by atoms with Gasteiger partial charge in [-0.2, -0.15) is 0 Å². The van der Waals surface area contributed by atoms with E-state index in [4.69, 9.17) is 5.73 Å². The van der Waals surface area contributed by atoms with E-state index >= 15 is 0 Å². The molecule has 0 radical (unpaired) electrons. The molecule has 0 aliphatic rings. The highest BCUT2D eigenvalue weighted by atomic mass is 16.5. The molecule has 1 heterocycles. The van der Waals surface area contributed by atoms with Crippen molar-refractivity contribution in [2.45, 2.75) is 32.2 Å². The summed E-state index contributed by atoms with van der Waals surface area (Å²) in [5.74, 6) is -0.190. The fraction of sp³-hybridized carbons (Fsp3) is 0.429. The number of aromatic amines is 1. The fourth-order valence-corrected chi connectivity index (χ4v) is 2.22. The lowest BCUT2D eigenvalue weighted by atomic mass is 10.2. The van der Waals surface area contributed by atoms with Crippen molar-refractivity contribution in [3.05, 3.63) is 28.7 Å². The molecular weight excluding hydrogens is 258 g/mol. The molecule has 0 aliphatic carbocycles. The predicted molar refractivity (Wildman–Crippen MR) is 77.5 cm³/mol. The van der Waals surface area contributed by atoms with Crippen LogP contribution in [0.25, 0.3) is 11.0 Å². The minimum atomic E-state index is -0.190. The second-order valence-electron chi connectivity index (χ2n) is 4.75. The molecule has 0 unspecified atom stereocenters. The summed E-state index contributed by atoms with van der Waals surface area (Å²) in [5.41, 5.74) is 7.80. The first-order valence-corrected chi connectivity index (χ1v) is 6.66. The van der Waals surface area contributed by atoms with Gasteiger partial charge in [0.25, 0.3) is 0 Å². The Bertz CT molecular complexity index is 657. The summed E-state index contributed by atoms with van der Waals surface area (Å²) in [4.78, 5) is 25.6. The molecule has 6 nitrogen and oxygen atoms in total. The Morgan fingerprint density at radius 2 is 2.15 bits per heavy atom. The predicted octanol–water partition coefficient (Wildman–Crippen LogP) is 1.65. The highest BCUT2D eigenvalue weighted by Crippen LogP contribution is 2.14. The lowest BCUT2D eigenvalue weighted by molar-refractivity contribution is -0.140. The minimum Gasteiger partial charge on any atom is -0.469 e. The summed E-state index contributed by atoms with van der Waals surface area (Å²) in [6, 6.07) is 5.38. The zero-order chi connectivity index (χ0) is 14.5. The van der Waals surface area contributed by atoms with Gasteiger partial charge in [0, 0.05) is 18.7 Å². The number of hydrogen-bond acceptors (Lipinski definition) is 4. The van der Waals surface area contributed by atoms with E-state index in [2.05, 4.69) is 9.72 Å². The number of nitrogen functional groups attached to an aromatic ring is 1. The molecule has 2 aromatic rings. The number of nitrogens with zero attached hydrogens (tertiary/aromatic N) is 1. The second-order valence-corrected chi connectivity index (χ2v) is 4.75. The van der Waals surface area contributed by atoms with Crippen molar-refractivity contribution in [1.29, 1.82) is 0 Å². The monoisotopic (exact) mass is 277 g/mol. The SMILES string of the molecule is COC(=O)CCCCCn1c(=O)[nH]c2cc(N)ccc21. The molecule has 0 amide bonds. The van der Waals surface area contributed by atoms with E-state index < -0.39 is 0 Å². The first-order valence-electron chi connectivity index (χ1n) is 6.66. The van der Waals surface area contributed by atoms with Gasteiger partial charge in [0.05, 0.1) is 18.1 Å². The zero-order valence-corrected chi connectivity index (χ0v) is 11.5. The van der Waals surface area contributed by atoms with Crippen molar-refractivity contribution >= 4 is 22.7 Å².